The highest BCUT2D eigenvalue weighted by molar-refractivity contribution is 5.61. The van der Waals surface area contributed by atoms with Gasteiger partial charge in [-0.15, -0.1) is 10.2 Å². The molecule has 0 unspecified atom stereocenters. The van der Waals surface area contributed by atoms with Gasteiger partial charge in [0.25, 0.3) is 0 Å². The summed E-state index contributed by atoms with van der Waals surface area (Å²) in [4.78, 5) is 4.20. The van der Waals surface area contributed by atoms with Crippen molar-refractivity contribution in [1.82, 2.24) is 19.6 Å². The second kappa shape index (κ2) is 4.70. The van der Waals surface area contributed by atoms with Gasteiger partial charge in [-0.05, 0) is 6.42 Å². The summed E-state index contributed by atoms with van der Waals surface area (Å²) in [6.07, 6.45) is 6.12. The lowest BCUT2D eigenvalue weighted by atomic mass is 10.4. The smallest absolute Gasteiger partial charge is 0.203 e. The van der Waals surface area contributed by atoms with Gasteiger partial charge < -0.3 is 10.1 Å². The van der Waals surface area contributed by atoms with Crippen LogP contribution in [0.4, 0.5) is 5.82 Å². The monoisotopic (exact) mass is 207 g/mol. The van der Waals surface area contributed by atoms with Gasteiger partial charge in [-0.2, -0.15) is 0 Å². The summed E-state index contributed by atoms with van der Waals surface area (Å²) in [7, 11) is 1.69. The van der Waals surface area contributed by atoms with Crippen molar-refractivity contribution in [1.29, 1.82) is 0 Å². The molecule has 0 aliphatic carbocycles. The molecule has 2 aromatic rings. The van der Waals surface area contributed by atoms with Crippen molar-refractivity contribution in [2.45, 2.75) is 6.42 Å². The number of anilines is 1. The third-order valence-electron chi connectivity index (χ3n) is 2.03. The fourth-order valence-corrected chi connectivity index (χ4v) is 1.31. The Balaban J connectivity index is 2.04. The van der Waals surface area contributed by atoms with Crippen molar-refractivity contribution in [2.75, 3.05) is 25.6 Å². The Hall–Kier alpha value is -1.69. The molecule has 80 valence electrons. The summed E-state index contributed by atoms with van der Waals surface area (Å²) in [5.41, 5.74) is 0.745. The van der Waals surface area contributed by atoms with E-state index in [0.29, 0.717) is 0 Å². The fourth-order valence-electron chi connectivity index (χ4n) is 1.31. The van der Waals surface area contributed by atoms with Crippen molar-refractivity contribution in [2.24, 2.45) is 0 Å². The first-order valence-electron chi connectivity index (χ1n) is 4.79. The van der Waals surface area contributed by atoms with E-state index < -0.39 is 0 Å². The Morgan fingerprint density at radius 1 is 1.53 bits per heavy atom. The van der Waals surface area contributed by atoms with Crippen molar-refractivity contribution < 1.29 is 4.74 Å². The number of ether oxygens (including phenoxy) is 1. The van der Waals surface area contributed by atoms with Crippen LogP contribution in [0.1, 0.15) is 6.42 Å². The first-order chi connectivity index (χ1) is 7.42. The fraction of sp³-hybridized carbons (Fsp3) is 0.444. The van der Waals surface area contributed by atoms with E-state index in [0.717, 1.165) is 31.0 Å². The molecular weight excluding hydrogens is 194 g/mol. The first kappa shape index (κ1) is 9.85. The molecule has 0 saturated carbocycles. The highest BCUT2D eigenvalue weighted by Crippen LogP contribution is 2.08. The van der Waals surface area contributed by atoms with Crippen LogP contribution in [0, 0.1) is 0 Å². The van der Waals surface area contributed by atoms with Crippen LogP contribution in [0.3, 0.4) is 0 Å². The zero-order valence-corrected chi connectivity index (χ0v) is 8.55. The number of hydrogen-bond donors (Lipinski definition) is 1. The van der Waals surface area contributed by atoms with E-state index in [9.17, 15) is 0 Å². The lowest BCUT2D eigenvalue weighted by molar-refractivity contribution is 0.198. The molecule has 0 aromatic carbocycles. The first-order valence-corrected chi connectivity index (χ1v) is 4.79. The van der Waals surface area contributed by atoms with E-state index in [1.54, 1.807) is 19.6 Å². The average Bonchev–Trinajstić information content (AvgIpc) is 2.73. The van der Waals surface area contributed by atoms with Gasteiger partial charge in [0.2, 0.25) is 5.65 Å². The predicted octanol–water partition coefficient (Wildman–Crippen LogP) is 0.573. The topological polar surface area (TPSA) is 64.3 Å². The van der Waals surface area contributed by atoms with Gasteiger partial charge in [-0.25, -0.2) is 4.98 Å². The van der Waals surface area contributed by atoms with Gasteiger partial charge in [0, 0.05) is 32.7 Å². The van der Waals surface area contributed by atoms with Crippen LogP contribution in [0.5, 0.6) is 0 Å². The van der Waals surface area contributed by atoms with Crippen LogP contribution >= 0.6 is 0 Å². The summed E-state index contributed by atoms with van der Waals surface area (Å²) in [6.45, 7) is 1.55. The van der Waals surface area contributed by atoms with Crippen LogP contribution in [-0.4, -0.2) is 39.8 Å². The van der Waals surface area contributed by atoms with E-state index in [1.165, 1.54) is 0 Å². The van der Waals surface area contributed by atoms with Crippen molar-refractivity contribution in [3.05, 3.63) is 18.7 Å². The summed E-state index contributed by atoms with van der Waals surface area (Å²) in [5, 5.41) is 11.0. The summed E-state index contributed by atoms with van der Waals surface area (Å²) >= 11 is 0. The Bertz CT molecular complexity index is 427. The van der Waals surface area contributed by atoms with Crippen molar-refractivity contribution in [3.8, 4) is 0 Å². The molecule has 15 heavy (non-hydrogen) atoms. The van der Waals surface area contributed by atoms with Gasteiger partial charge in [0.05, 0.1) is 0 Å². The van der Waals surface area contributed by atoms with Gasteiger partial charge in [0.1, 0.15) is 6.33 Å². The molecule has 2 aromatic heterocycles. The molecule has 0 spiro atoms. The van der Waals surface area contributed by atoms with Gasteiger partial charge >= 0.3 is 0 Å². The summed E-state index contributed by atoms with van der Waals surface area (Å²) in [6, 6.07) is 0. The Labute approximate surface area is 87.3 Å². The van der Waals surface area contributed by atoms with E-state index in [4.69, 9.17) is 4.74 Å². The number of methoxy groups -OCH3 is 1. The zero-order chi connectivity index (χ0) is 10.5. The molecule has 0 atom stereocenters. The van der Waals surface area contributed by atoms with E-state index in [1.807, 2.05) is 10.6 Å². The summed E-state index contributed by atoms with van der Waals surface area (Å²) < 4.78 is 6.78. The molecule has 0 bridgehead atoms. The van der Waals surface area contributed by atoms with Crippen LogP contribution in [0.15, 0.2) is 18.7 Å². The normalized spacial score (nSPS) is 10.7. The van der Waals surface area contributed by atoms with Crippen LogP contribution in [0.2, 0.25) is 0 Å². The minimum Gasteiger partial charge on any atom is -0.385 e. The molecule has 0 aliphatic rings. The van der Waals surface area contributed by atoms with Crippen molar-refractivity contribution in [3.63, 3.8) is 0 Å². The average molecular weight is 207 g/mol. The molecule has 6 heteroatoms. The van der Waals surface area contributed by atoms with Gasteiger partial charge in [-0.1, -0.05) is 0 Å². The van der Waals surface area contributed by atoms with Crippen LogP contribution in [-0.2, 0) is 4.74 Å². The number of nitrogens with one attached hydrogen (secondary N) is 1. The van der Waals surface area contributed by atoms with Crippen LogP contribution < -0.4 is 5.32 Å². The van der Waals surface area contributed by atoms with Gasteiger partial charge in [0.15, 0.2) is 5.82 Å². The molecule has 2 heterocycles. The largest absolute Gasteiger partial charge is 0.385 e. The van der Waals surface area contributed by atoms with Crippen molar-refractivity contribution >= 4 is 11.5 Å². The minimum atomic E-state index is 0.739. The number of hydrogen-bond acceptors (Lipinski definition) is 5. The van der Waals surface area contributed by atoms with Gasteiger partial charge in [-0.3, -0.25) is 4.40 Å². The number of rotatable bonds is 5. The molecule has 0 aliphatic heterocycles. The zero-order valence-electron chi connectivity index (χ0n) is 8.55. The third kappa shape index (κ3) is 2.21. The molecule has 0 amide bonds. The Kier molecular flexibility index (Phi) is 3.08. The lowest BCUT2D eigenvalue weighted by Crippen LogP contribution is -2.07. The lowest BCUT2D eigenvalue weighted by Gasteiger charge is -2.05. The van der Waals surface area contributed by atoms with E-state index >= 15 is 0 Å². The molecule has 0 fully saturated rings. The SMILES string of the molecule is COCCCNc1nccn2cnnc12. The third-order valence-corrected chi connectivity index (χ3v) is 2.03. The van der Waals surface area contributed by atoms with E-state index in [2.05, 4.69) is 20.5 Å². The van der Waals surface area contributed by atoms with Crippen LogP contribution in [0.25, 0.3) is 5.65 Å². The maximum absolute atomic E-state index is 4.96. The maximum Gasteiger partial charge on any atom is 0.203 e. The number of fused-ring (bicyclic) bond motifs is 1. The molecule has 1 N–H and O–H groups in total. The Morgan fingerprint density at radius 3 is 3.33 bits per heavy atom. The molecule has 0 radical (unpaired) electrons. The standard InChI is InChI=1S/C9H13N5O/c1-15-6-2-3-10-8-9-13-12-7-14(9)5-4-11-8/h4-5,7H,2-3,6H2,1H3,(H,10,11). The maximum atomic E-state index is 4.96. The highest BCUT2D eigenvalue weighted by atomic mass is 16.5. The quantitative estimate of drug-likeness (QED) is 0.726. The second-order valence-corrected chi connectivity index (χ2v) is 3.11. The second-order valence-electron chi connectivity index (χ2n) is 3.11. The molecular formula is C9H13N5O. The minimum absolute atomic E-state index is 0.739. The predicted molar refractivity (Wildman–Crippen MR) is 55.8 cm³/mol. The molecule has 2 rings (SSSR count). The summed E-state index contributed by atoms with van der Waals surface area (Å²) in [5.74, 6) is 0.756. The molecule has 0 saturated heterocycles. The Morgan fingerprint density at radius 2 is 2.47 bits per heavy atom. The number of aromatic nitrogens is 4. The molecule has 6 nitrogen and oxygen atoms in total. The van der Waals surface area contributed by atoms with E-state index in [-0.39, 0.29) is 0 Å². The number of nitrogens with zero attached hydrogens (tertiary/aromatic N) is 4. The highest BCUT2D eigenvalue weighted by Gasteiger charge is 2.02.